The fraction of sp³-hybridized carbons (Fsp3) is 0.381. The summed E-state index contributed by atoms with van der Waals surface area (Å²) in [6.07, 6.45) is 0.786. The number of hydrogen-bond donors (Lipinski definition) is 0. The van der Waals surface area contributed by atoms with Crippen LogP contribution in [0.4, 0.5) is 0 Å². The molecule has 0 radical (unpaired) electrons. The number of carbonyl (C=O) groups excluding carboxylic acids is 1. The lowest BCUT2D eigenvalue weighted by Crippen LogP contribution is -2.55. The Morgan fingerprint density at radius 2 is 1.73 bits per heavy atom. The van der Waals surface area contributed by atoms with Crippen molar-refractivity contribution in [3.8, 4) is 11.5 Å². The van der Waals surface area contributed by atoms with Crippen LogP contribution in [0, 0.1) is 0 Å². The molecule has 0 unspecified atom stereocenters. The van der Waals surface area contributed by atoms with Gasteiger partial charge in [-0.1, -0.05) is 36.4 Å². The second-order valence-electron chi connectivity index (χ2n) is 6.71. The van der Waals surface area contributed by atoms with Crippen molar-refractivity contribution >= 4 is 5.91 Å². The fourth-order valence-electron chi connectivity index (χ4n) is 3.43. The molecule has 1 aliphatic rings. The highest BCUT2D eigenvalue weighted by atomic mass is 16.5. The minimum atomic E-state index is 0.137. The first-order valence-corrected chi connectivity index (χ1v) is 8.83. The number of hydrogen-bond acceptors (Lipinski definition) is 4. The van der Waals surface area contributed by atoms with E-state index < -0.39 is 0 Å². The zero-order chi connectivity index (χ0) is 18.5. The Balaban J connectivity index is 1.72. The number of rotatable bonds is 6. The lowest BCUT2D eigenvalue weighted by Gasteiger charge is -2.39. The number of benzene rings is 2. The van der Waals surface area contributed by atoms with E-state index in [-0.39, 0.29) is 11.9 Å². The minimum Gasteiger partial charge on any atom is -0.493 e. The highest BCUT2D eigenvalue weighted by Crippen LogP contribution is 2.28. The van der Waals surface area contributed by atoms with Gasteiger partial charge in [0.2, 0.25) is 5.91 Å². The first-order chi connectivity index (χ1) is 12.6. The highest BCUT2D eigenvalue weighted by molar-refractivity contribution is 5.79. The van der Waals surface area contributed by atoms with Crippen molar-refractivity contribution in [2.45, 2.75) is 19.0 Å². The molecule has 0 bridgehead atoms. The van der Waals surface area contributed by atoms with Crippen molar-refractivity contribution in [1.82, 2.24) is 9.80 Å². The van der Waals surface area contributed by atoms with E-state index in [1.807, 2.05) is 48.3 Å². The van der Waals surface area contributed by atoms with Crippen molar-refractivity contribution in [2.75, 3.05) is 34.4 Å². The van der Waals surface area contributed by atoms with E-state index in [4.69, 9.17) is 9.47 Å². The lowest BCUT2D eigenvalue weighted by atomic mass is 10.0. The predicted octanol–water partition coefficient (Wildman–Crippen LogP) is 2.59. The van der Waals surface area contributed by atoms with E-state index in [9.17, 15) is 4.79 Å². The van der Waals surface area contributed by atoms with Gasteiger partial charge in [0.15, 0.2) is 11.5 Å². The Bertz CT molecular complexity index is 748. The molecular formula is C21H26N2O3. The van der Waals surface area contributed by atoms with Crippen molar-refractivity contribution < 1.29 is 14.3 Å². The number of piperazine rings is 1. The fourth-order valence-corrected chi connectivity index (χ4v) is 3.43. The van der Waals surface area contributed by atoms with Crippen LogP contribution in [-0.4, -0.2) is 56.1 Å². The van der Waals surface area contributed by atoms with Crippen LogP contribution in [0.1, 0.15) is 11.1 Å². The van der Waals surface area contributed by atoms with Crippen molar-refractivity contribution in [3.63, 3.8) is 0 Å². The molecule has 26 heavy (non-hydrogen) atoms. The summed E-state index contributed by atoms with van der Waals surface area (Å²) in [5, 5.41) is 0. The van der Waals surface area contributed by atoms with Gasteiger partial charge in [0.05, 0.1) is 20.8 Å². The normalized spacial score (nSPS) is 18.0. The third-order valence-electron chi connectivity index (χ3n) is 4.94. The molecule has 138 valence electrons. The molecule has 0 aliphatic carbocycles. The van der Waals surface area contributed by atoms with Crippen molar-refractivity contribution in [3.05, 3.63) is 59.7 Å². The van der Waals surface area contributed by atoms with Gasteiger partial charge >= 0.3 is 0 Å². The van der Waals surface area contributed by atoms with Gasteiger partial charge in [-0.2, -0.15) is 0 Å². The summed E-state index contributed by atoms with van der Waals surface area (Å²) in [5.74, 6) is 1.60. The second kappa shape index (κ2) is 8.23. The maximum absolute atomic E-state index is 12.5. The SMILES string of the molecule is COc1ccc(C[C@H]2CN(Cc3ccccc3)CC(=O)N2C)cc1OC. The molecule has 1 atom stereocenters. The number of methoxy groups -OCH3 is 2. The summed E-state index contributed by atoms with van der Waals surface area (Å²) in [4.78, 5) is 16.6. The molecule has 0 N–H and O–H groups in total. The van der Waals surface area contributed by atoms with Crippen LogP contribution in [0.15, 0.2) is 48.5 Å². The van der Waals surface area contributed by atoms with Gasteiger partial charge in [-0.15, -0.1) is 0 Å². The van der Waals surface area contributed by atoms with Gasteiger partial charge in [0, 0.05) is 26.2 Å². The van der Waals surface area contributed by atoms with Gasteiger partial charge in [0.25, 0.3) is 0 Å². The topological polar surface area (TPSA) is 42.0 Å². The van der Waals surface area contributed by atoms with Crippen molar-refractivity contribution in [1.29, 1.82) is 0 Å². The predicted molar refractivity (Wildman–Crippen MR) is 102 cm³/mol. The molecule has 1 fully saturated rings. The first-order valence-electron chi connectivity index (χ1n) is 8.83. The maximum atomic E-state index is 12.5. The van der Waals surface area contributed by atoms with Gasteiger partial charge in [-0.25, -0.2) is 0 Å². The minimum absolute atomic E-state index is 0.137. The summed E-state index contributed by atoms with van der Waals surface area (Å²) in [5.41, 5.74) is 2.36. The Kier molecular flexibility index (Phi) is 5.78. The van der Waals surface area contributed by atoms with E-state index in [0.29, 0.717) is 6.54 Å². The molecule has 0 saturated carbocycles. The lowest BCUT2D eigenvalue weighted by molar-refractivity contribution is -0.138. The molecular weight excluding hydrogens is 328 g/mol. The largest absolute Gasteiger partial charge is 0.493 e. The Labute approximate surface area is 155 Å². The molecule has 3 rings (SSSR count). The summed E-state index contributed by atoms with van der Waals surface area (Å²) < 4.78 is 10.7. The van der Waals surface area contributed by atoms with Crippen LogP contribution in [-0.2, 0) is 17.8 Å². The van der Waals surface area contributed by atoms with Crippen LogP contribution in [0.25, 0.3) is 0 Å². The summed E-state index contributed by atoms with van der Waals surface area (Å²) >= 11 is 0. The van der Waals surface area contributed by atoms with E-state index in [2.05, 4.69) is 17.0 Å². The number of carbonyl (C=O) groups is 1. The number of amides is 1. The van der Waals surface area contributed by atoms with Crippen LogP contribution >= 0.6 is 0 Å². The van der Waals surface area contributed by atoms with Crippen LogP contribution < -0.4 is 9.47 Å². The zero-order valence-electron chi connectivity index (χ0n) is 15.6. The molecule has 1 saturated heterocycles. The molecule has 5 heteroatoms. The quantitative estimate of drug-likeness (QED) is 0.800. The van der Waals surface area contributed by atoms with Gasteiger partial charge in [-0.05, 0) is 29.7 Å². The highest BCUT2D eigenvalue weighted by Gasteiger charge is 2.30. The van der Waals surface area contributed by atoms with Gasteiger partial charge < -0.3 is 14.4 Å². The third-order valence-corrected chi connectivity index (χ3v) is 4.94. The van der Waals surface area contributed by atoms with Crippen LogP contribution in [0.5, 0.6) is 11.5 Å². The summed E-state index contributed by atoms with van der Waals surface area (Å²) in [7, 11) is 5.17. The Morgan fingerprint density at radius 1 is 1.00 bits per heavy atom. The maximum Gasteiger partial charge on any atom is 0.236 e. The summed E-state index contributed by atoms with van der Waals surface area (Å²) in [6.45, 7) is 2.11. The standard InChI is InChI=1S/C21H26N2O3/c1-22-18(11-17-9-10-19(25-2)20(12-17)26-3)14-23(15-21(22)24)13-16-7-5-4-6-8-16/h4-10,12,18H,11,13-15H2,1-3H3/t18-/m0/s1. The molecule has 2 aromatic carbocycles. The summed E-state index contributed by atoms with van der Waals surface area (Å²) in [6, 6.07) is 16.4. The second-order valence-corrected chi connectivity index (χ2v) is 6.71. The smallest absolute Gasteiger partial charge is 0.236 e. The molecule has 0 spiro atoms. The molecule has 1 heterocycles. The van der Waals surface area contributed by atoms with E-state index in [0.717, 1.165) is 36.6 Å². The first kappa shape index (κ1) is 18.3. The van der Waals surface area contributed by atoms with E-state index in [1.54, 1.807) is 14.2 Å². The molecule has 5 nitrogen and oxygen atoms in total. The Morgan fingerprint density at radius 3 is 2.42 bits per heavy atom. The third kappa shape index (κ3) is 4.17. The molecule has 1 aliphatic heterocycles. The number of nitrogens with zero attached hydrogens (tertiary/aromatic N) is 2. The average molecular weight is 354 g/mol. The van der Waals surface area contributed by atoms with Crippen LogP contribution in [0.3, 0.4) is 0 Å². The van der Waals surface area contributed by atoms with Gasteiger partial charge in [-0.3, -0.25) is 9.69 Å². The van der Waals surface area contributed by atoms with Gasteiger partial charge in [0.1, 0.15) is 0 Å². The monoisotopic (exact) mass is 354 g/mol. The van der Waals surface area contributed by atoms with E-state index >= 15 is 0 Å². The molecule has 2 aromatic rings. The number of likely N-dealkylation sites (N-methyl/N-ethyl adjacent to an activating group) is 1. The molecule has 1 amide bonds. The van der Waals surface area contributed by atoms with E-state index in [1.165, 1.54) is 5.56 Å². The average Bonchev–Trinajstić information content (AvgIpc) is 2.66. The molecule has 0 aromatic heterocycles. The van der Waals surface area contributed by atoms with Crippen molar-refractivity contribution in [2.24, 2.45) is 0 Å². The van der Waals surface area contributed by atoms with Crippen LogP contribution in [0.2, 0.25) is 0 Å². The Hall–Kier alpha value is -2.53. The zero-order valence-corrected chi connectivity index (χ0v) is 15.6. The number of ether oxygens (including phenoxy) is 2.